The molecule has 4 nitrogen and oxygen atoms in total. The van der Waals surface area contributed by atoms with Gasteiger partial charge < -0.3 is 14.4 Å². The summed E-state index contributed by atoms with van der Waals surface area (Å²) in [5, 5.41) is 9.01. The molecule has 1 aliphatic rings. The van der Waals surface area contributed by atoms with E-state index in [9.17, 15) is 4.79 Å². The molecule has 0 radical (unpaired) electrons. The highest BCUT2D eigenvalue weighted by molar-refractivity contribution is 5.91. The lowest BCUT2D eigenvalue weighted by atomic mass is 10.1. The number of aryl methyl sites for hydroxylation is 1. The van der Waals surface area contributed by atoms with Gasteiger partial charge in [-0.05, 0) is 31.6 Å². The smallest absolute Gasteiger partial charge is 0.246 e. The number of nitrogens with zero attached hydrogens (tertiary/aromatic N) is 1. The van der Waals surface area contributed by atoms with Crippen LogP contribution in [0, 0.1) is 12.8 Å². The van der Waals surface area contributed by atoms with Crippen molar-refractivity contribution >= 4 is 12.0 Å². The molecule has 1 N–H and O–H groups in total. The lowest BCUT2D eigenvalue weighted by molar-refractivity contribution is -0.125. The number of carbonyl (C=O) groups excluding carboxylic acids is 1. The van der Waals surface area contributed by atoms with Crippen LogP contribution in [0.15, 0.2) is 22.6 Å². The van der Waals surface area contributed by atoms with Crippen LogP contribution in [0.3, 0.4) is 0 Å². The normalized spacial score (nSPS) is 20.4. The van der Waals surface area contributed by atoms with Crippen LogP contribution in [0.25, 0.3) is 6.08 Å². The summed E-state index contributed by atoms with van der Waals surface area (Å²) in [6.45, 7) is 3.40. The number of hydrogen-bond acceptors (Lipinski definition) is 3. The van der Waals surface area contributed by atoms with Crippen LogP contribution in [0.2, 0.25) is 0 Å². The molecule has 0 aliphatic carbocycles. The summed E-state index contributed by atoms with van der Waals surface area (Å²) in [6.07, 6.45) is 4.09. The van der Waals surface area contributed by atoms with Crippen molar-refractivity contribution in [2.75, 3.05) is 19.7 Å². The van der Waals surface area contributed by atoms with E-state index in [4.69, 9.17) is 9.52 Å². The van der Waals surface area contributed by atoms with Crippen LogP contribution < -0.4 is 0 Å². The molecule has 0 saturated carbocycles. The third-order valence-electron chi connectivity index (χ3n) is 3.01. The third kappa shape index (κ3) is 2.97. The zero-order valence-electron chi connectivity index (χ0n) is 9.93. The van der Waals surface area contributed by atoms with Crippen LogP contribution in [0.4, 0.5) is 0 Å². The molecule has 1 aromatic heterocycles. The molecule has 92 valence electrons. The van der Waals surface area contributed by atoms with E-state index in [0.29, 0.717) is 12.3 Å². The fourth-order valence-corrected chi connectivity index (χ4v) is 1.98. The van der Waals surface area contributed by atoms with E-state index >= 15 is 0 Å². The number of furan rings is 1. The van der Waals surface area contributed by atoms with Gasteiger partial charge in [-0.1, -0.05) is 0 Å². The molecule has 1 unspecified atom stereocenters. The molecule has 1 fully saturated rings. The van der Waals surface area contributed by atoms with Crippen molar-refractivity contribution in [3.05, 3.63) is 29.7 Å². The monoisotopic (exact) mass is 235 g/mol. The Balaban J connectivity index is 1.91. The van der Waals surface area contributed by atoms with Gasteiger partial charge >= 0.3 is 0 Å². The lowest BCUT2D eigenvalue weighted by Crippen LogP contribution is -2.27. The van der Waals surface area contributed by atoms with E-state index in [0.717, 1.165) is 18.7 Å². The summed E-state index contributed by atoms with van der Waals surface area (Å²) in [6, 6.07) is 3.70. The Morgan fingerprint density at radius 3 is 3.06 bits per heavy atom. The fraction of sp³-hybridized carbons (Fsp3) is 0.462. The van der Waals surface area contributed by atoms with Crippen molar-refractivity contribution < 1.29 is 14.3 Å². The maximum atomic E-state index is 11.8. The molecule has 1 aliphatic heterocycles. The topological polar surface area (TPSA) is 53.7 Å². The molecule has 0 bridgehead atoms. The van der Waals surface area contributed by atoms with Crippen LogP contribution >= 0.6 is 0 Å². The van der Waals surface area contributed by atoms with E-state index in [2.05, 4.69) is 0 Å². The Bertz CT molecular complexity index is 422. The Labute approximate surface area is 101 Å². The van der Waals surface area contributed by atoms with Crippen LogP contribution in [0.5, 0.6) is 0 Å². The van der Waals surface area contributed by atoms with Gasteiger partial charge in [0.15, 0.2) is 0 Å². The van der Waals surface area contributed by atoms with Crippen LogP contribution in [-0.4, -0.2) is 35.6 Å². The second-order valence-corrected chi connectivity index (χ2v) is 4.40. The highest BCUT2D eigenvalue weighted by atomic mass is 16.3. The van der Waals surface area contributed by atoms with Gasteiger partial charge in [-0.2, -0.15) is 0 Å². The maximum absolute atomic E-state index is 11.8. The largest absolute Gasteiger partial charge is 0.462 e. The Hall–Kier alpha value is -1.55. The van der Waals surface area contributed by atoms with Crippen molar-refractivity contribution in [1.29, 1.82) is 0 Å². The Morgan fingerprint density at radius 1 is 1.65 bits per heavy atom. The third-order valence-corrected chi connectivity index (χ3v) is 3.01. The van der Waals surface area contributed by atoms with Crippen molar-refractivity contribution in [3.8, 4) is 0 Å². The summed E-state index contributed by atoms with van der Waals surface area (Å²) in [5.74, 6) is 1.74. The van der Waals surface area contributed by atoms with Gasteiger partial charge in [-0.25, -0.2) is 0 Å². The molecule has 1 amide bonds. The second-order valence-electron chi connectivity index (χ2n) is 4.40. The van der Waals surface area contributed by atoms with Crippen LogP contribution in [-0.2, 0) is 4.79 Å². The number of aliphatic hydroxyl groups excluding tert-OH is 1. The number of hydrogen-bond donors (Lipinski definition) is 1. The molecular weight excluding hydrogens is 218 g/mol. The summed E-state index contributed by atoms with van der Waals surface area (Å²) in [4.78, 5) is 13.6. The molecule has 4 heteroatoms. The summed E-state index contributed by atoms with van der Waals surface area (Å²) in [5.41, 5.74) is 0. The summed E-state index contributed by atoms with van der Waals surface area (Å²) < 4.78 is 5.34. The zero-order valence-corrected chi connectivity index (χ0v) is 9.93. The van der Waals surface area contributed by atoms with Crippen molar-refractivity contribution in [1.82, 2.24) is 4.90 Å². The molecule has 0 spiro atoms. The predicted molar refractivity (Wildman–Crippen MR) is 64.3 cm³/mol. The number of likely N-dealkylation sites (tertiary alicyclic amines) is 1. The van der Waals surface area contributed by atoms with E-state index in [1.54, 1.807) is 11.0 Å². The summed E-state index contributed by atoms with van der Waals surface area (Å²) >= 11 is 0. The van der Waals surface area contributed by atoms with Gasteiger partial charge in [0.25, 0.3) is 0 Å². The van der Waals surface area contributed by atoms with E-state index in [1.165, 1.54) is 6.08 Å². The van der Waals surface area contributed by atoms with Crippen molar-refractivity contribution in [2.24, 2.45) is 5.92 Å². The van der Waals surface area contributed by atoms with Gasteiger partial charge in [0.2, 0.25) is 5.91 Å². The lowest BCUT2D eigenvalue weighted by Gasteiger charge is -2.13. The first-order valence-electron chi connectivity index (χ1n) is 5.83. The SMILES string of the molecule is Cc1ccc(/C=C/C(=O)N2CCC(CO)C2)o1. The number of aliphatic hydroxyl groups is 1. The average Bonchev–Trinajstić information content (AvgIpc) is 2.94. The molecule has 1 aromatic rings. The second kappa shape index (κ2) is 5.19. The minimum Gasteiger partial charge on any atom is -0.462 e. The average molecular weight is 235 g/mol. The number of amides is 1. The first-order chi connectivity index (χ1) is 8.19. The highest BCUT2D eigenvalue weighted by Gasteiger charge is 2.24. The first-order valence-corrected chi connectivity index (χ1v) is 5.83. The van der Waals surface area contributed by atoms with Gasteiger partial charge in [-0.3, -0.25) is 4.79 Å². The Morgan fingerprint density at radius 2 is 2.47 bits per heavy atom. The van der Waals surface area contributed by atoms with Gasteiger partial charge in [0.1, 0.15) is 11.5 Å². The molecule has 1 saturated heterocycles. The molecule has 0 aromatic carbocycles. The van der Waals surface area contributed by atoms with Gasteiger partial charge in [0, 0.05) is 31.7 Å². The molecule has 2 heterocycles. The Kier molecular flexibility index (Phi) is 3.64. The minimum absolute atomic E-state index is 0.0185. The van der Waals surface area contributed by atoms with Gasteiger partial charge in [0.05, 0.1) is 0 Å². The maximum Gasteiger partial charge on any atom is 0.246 e. The van der Waals surface area contributed by atoms with Crippen molar-refractivity contribution in [3.63, 3.8) is 0 Å². The standard InChI is InChI=1S/C13H17NO3/c1-10-2-3-12(17-10)4-5-13(16)14-7-6-11(8-14)9-15/h2-5,11,15H,6-9H2,1H3/b5-4+. The molecule has 17 heavy (non-hydrogen) atoms. The molecule has 1 atom stereocenters. The summed E-state index contributed by atoms with van der Waals surface area (Å²) in [7, 11) is 0. The number of rotatable bonds is 3. The predicted octanol–water partition coefficient (Wildman–Crippen LogP) is 1.44. The quantitative estimate of drug-likeness (QED) is 0.807. The van der Waals surface area contributed by atoms with E-state index in [1.807, 2.05) is 19.1 Å². The fourth-order valence-electron chi connectivity index (χ4n) is 1.98. The zero-order chi connectivity index (χ0) is 12.3. The molecular formula is C13H17NO3. The van der Waals surface area contributed by atoms with Gasteiger partial charge in [-0.15, -0.1) is 0 Å². The van der Waals surface area contributed by atoms with E-state index < -0.39 is 0 Å². The van der Waals surface area contributed by atoms with Crippen molar-refractivity contribution in [2.45, 2.75) is 13.3 Å². The minimum atomic E-state index is -0.0185. The van der Waals surface area contributed by atoms with E-state index in [-0.39, 0.29) is 18.4 Å². The molecule has 2 rings (SSSR count). The highest BCUT2D eigenvalue weighted by Crippen LogP contribution is 2.16. The number of carbonyl (C=O) groups is 1. The first kappa shape index (κ1) is 11.9. The van der Waals surface area contributed by atoms with Crippen LogP contribution in [0.1, 0.15) is 17.9 Å².